The molecule has 1 fully saturated rings. The van der Waals surface area contributed by atoms with Crippen LogP contribution in [-0.4, -0.2) is 29.0 Å². The molecule has 2 rings (SSSR count). The monoisotopic (exact) mass is 209 g/mol. The molecule has 15 heavy (non-hydrogen) atoms. The lowest BCUT2D eigenvalue weighted by molar-refractivity contribution is 0.268. The fraction of sp³-hybridized carbons (Fsp3) is 0.727. The lowest BCUT2D eigenvalue weighted by Crippen LogP contribution is -2.27. The maximum Gasteiger partial charge on any atom is 0.198 e. The van der Waals surface area contributed by atoms with Crippen molar-refractivity contribution < 1.29 is 4.42 Å². The molecule has 0 bridgehead atoms. The highest BCUT2D eigenvalue weighted by atomic mass is 16.3. The molecule has 2 heterocycles. The van der Waals surface area contributed by atoms with Crippen molar-refractivity contribution in [1.82, 2.24) is 9.88 Å². The molecule has 84 valence electrons. The van der Waals surface area contributed by atoms with E-state index in [0.29, 0.717) is 18.5 Å². The quantitative estimate of drug-likeness (QED) is 0.816. The van der Waals surface area contributed by atoms with E-state index in [1.54, 1.807) is 6.26 Å². The van der Waals surface area contributed by atoms with Gasteiger partial charge in [-0.25, -0.2) is 4.98 Å². The van der Waals surface area contributed by atoms with Crippen molar-refractivity contribution in [2.45, 2.75) is 38.8 Å². The number of rotatable bonds is 3. The molecule has 1 unspecified atom stereocenters. The van der Waals surface area contributed by atoms with Crippen LogP contribution in [0.1, 0.15) is 37.8 Å². The van der Waals surface area contributed by atoms with Crippen LogP contribution in [0.25, 0.3) is 0 Å². The van der Waals surface area contributed by atoms with Gasteiger partial charge in [-0.3, -0.25) is 0 Å². The predicted octanol–water partition coefficient (Wildman–Crippen LogP) is 1.33. The minimum atomic E-state index is 0.452. The van der Waals surface area contributed by atoms with E-state index in [2.05, 4.69) is 23.7 Å². The Morgan fingerprint density at radius 2 is 2.47 bits per heavy atom. The van der Waals surface area contributed by atoms with Crippen LogP contribution in [0.4, 0.5) is 0 Å². The second kappa shape index (κ2) is 4.33. The third-order valence-corrected chi connectivity index (χ3v) is 3.08. The molecular formula is C11H19N3O. The average Bonchev–Trinajstić information content (AvgIpc) is 2.86. The van der Waals surface area contributed by atoms with E-state index in [1.807, 2.05) is 0 Å². The van der Waals surface area contributed by atoms with Gasteiger partial charge in [-0.1, -0.05) is 0 Å². The third kappa shape index (κ3) is 2.21. The number of hydrogen-bond donors (Lipinski definition) is 1. The average molecular weight is 209 g/mol. The Bertz CT molecular complexity index is 321. The molecule has 0 radical (unpaired) electrons. The van der Waals surface area contributed by atoms with Gasteiger partial charge in [0.05, 0.1) is 5.69 Å². The van der Waals surface area contributed by atoms with Gasteiger partial charge in [-0.05, 0) is 26.8 Å². The summed E-state index contributed by atoms with van der Waals surface area (Å²) in [6.07, 6.45) is 2.82. The number of aromatic nitrogens is 1. The first-order valence-electron chi connectivity index (χ1n) is 5.59. The first-order chi connectivity index (χ1) is 7.20. The Kier molecular flexibility index (Phi) is 3.07. The molecule has 0 spiro atoms. The Morgan fingerprint density at radius 1 is 1.67 bits per heavy atom. The second-order valence-electron chi connectivity index (χ2n) is 4.46. The van der Waals surface area contributed by atoms with E-state index in [0.717, 1.165) is 31.1 Å². The van der Waals surface area contributed by atoms with Crippen LogP contribution >= 0.6 is 0 Å². The van der Waals surface area contributed by atoms with Crippen LogP contribution in [0, 0.1) is 0 Å². The summed E-state index contributed by atoms with van der Waals surface area (Å²) in [4.78, 5) is 6.84. The van der Waals surface area contributed by atoms with E-state index in [4.69, 9.17) is 10.2 Å². The molecule has 0 saturated carbocycles. The van der Waals surface area contributed by atoms with Crippen molar-refractivity contribution in [2.75, 3.05) is 13.1 Å². The fourth-order valence-corrected chi connectivity index (χ4v) is 2.06. The summed E-state index contributed by atoms with van der Waals surface area (Å²) in [5.74, 6) is 1.31. The predicted molar refractivity (Wildman–Crippen MR) is 58.5 cm³/mol. The Morgan fingerprint density at radius 3 is 3.00 bits per heavy atom. The Balaban J connectivity index is 2.01. The summed E-state index contributed by atoms with van der Waals surface area (Å²) in [5, 5.41) is 0. The zero-order chi connectivity index (χ0) is 10.8. The lowest BCUT2D eigenvalue weighted by Gasteiger charge is -2.19. The molecule has 4 heteroatoms. The van der Waals surface area contributed by atoms with Crippen LogP contribution in [0.5, 0.6) is 0 Å². The van der Waals surface area contributed by atoms with Gasteiger partial charge < -0.3 is 15.1 Å². The molecule has 4 nitrogen and oxygen atoms in total. The first kappa shape index (κ1) is 10.6. The standard InChI is InChI=1S/C11H19N3O/c1-8(2)14-4-3-9(6-14)11-13-10(5-12)7-15-11/h7-9H,3-6,12H2,1-2H3. The van der Waals surface area contributed by atoms with Crippen molar-refractivity contribution in [3.8, 4) is 0 Å². The van der Waals surface area contributed by atoms with Gasteiger partial charge in [0.1, 0.15) is 6.26 Å². The van der Waals surface area contributed by atoms with E-state index in [9.17, 15) is 0 Å². The van der Waals surface area contributed by atoms with Crippen LogP contribution in [0.2, 0.25) is 0 Å². The summed E-state index contributed by atoms with van der Waals surface area (Å²) in [7, 11) is 0. The summed E-state index contributed by atoms with van der Waals surface area (Å²) in [6, 6.07) is 0.610. The normalized spacial score (nSPS) is 22.8. The minimum absolute atomic E-state index is 0.452. The molecule has 1 aliphatic heterocycles. The molecule has 1 aromatic heterocycles. The maximum atomic E-state index is 5.50. The van der Waals surface area contributed by atoms with Gasteiger partial charge >= 0.3 is 0 Å². The molecular weight excluding hydrogens is 190 g/mol. The molecule has 1 aliphatic rings. The zero-order valence-corrected chi connectivity index (χ0v) is 9.44. The van der Waals surface area contributed by atoms with Crippen LogP contribution < -0.4 is 5.73 Å². The molecule has 1 atom stereocenters. The number of oxazole rings is 1. The van der Waals surface area contributed by atoms with Gasteiger partial charge in [-0.2, -0.15) is 0 Å². The van der Waals surface area contributed by atoms with Crippen molar-refractivity contribution in [3.63, 3.8) is 0 Å². The Hall–Kier alpha value is -0.870. The minimum Gasteiger partial charge on any atom is -0.448 e. The maximum absolute atomic E-state index is 5.50. The molecule has 0 amide bonds. The fourth-order valence-electron chi connectivity index (χ4n) is 2.06. The SMILES string of the molecule is CC(C)N1CCC(c2nc(CN)co2)C1. The van der Waals surface area contributed by atoms with Gasteiger partial charge in [0, 0.05) is 25.0 Å². The summed E-state index contributed by atoms with van der Waals surface area (Å²) < 4.78 is 5.45. The largest absolute Gasteiger partial charge is 0.448 e. The Labute approximate surface area is 90.5 Å². The van der Waals surface area contributed by atoms with Crippen molar-refractivity contribution in [2.24, 2.45) is 5.73 Å². The number of hydrogen-bond acceptors (Lipinski definition) is 4. The summed E-state index contributed by atoms with van der Waals surface area (Å²) in [6.45, 7) is 7.11. The van der Waals surface area contributed by atoms with Crippen molar-refractivity contribution in [1.29, 1.82) is 0 Å². The molecule has 0 aliphatic carbocycles. The van der Waals surface area contributed by atoms with Gasteiger partial charge in [-0.15, -0.1) is 0 Å². The summed E-state index contributed by atoms with van der Waals surface area (Å²) in [5.41, 5.74) is 6.36. The lowest BCUT2D eigenvalue weighted by atomic mass is 10.1. The smallest absolute Gasteiger partial charge is 0.198 e. The van der Waals surface area contributed by atoms with Gasteiger partial charge in [0.25, 0.3) is 0 Å². The summed E-state index contributed by atoms with van der Waals surface area (Å²) >= 11 is 0. The highest BCUT2D eigenvalue weighted by molar-refractivity contribution is 5.03. The molecule has 1 aromatic rings. The van der Waals surface area contributed by atoms with Crippen LogP contribution in [0.15, 0.2) is 10.7 Å². The van der Waals surface area contributed by atoms with E-state index in [1.165, 1.54) is 0 Å². The second-order valence-corrected chi connectivity index (χ2v) is 4.46. The van der Waals surface area contributed by atoms with Crippen LogP contribution in [0.3, 0.4) is 0 Å². The molecule has 0 aromatic carbocycles. The zero-order valence-electron chi connectivity index (χ0n) is 9.44. The van der Waals surface area contributed by atoms with E-state index < -0.39 is 0 Å². The first-order valence-corrected chi connectivity index (χ1v) is 5.59. The van der Waals surface area contributed by atoms with E-state index in [-0.39, 0.29) is 0 Å². The van der Waals surface area contributed by atoms with Crippen molar-refractivity contribution in [3.05, 3.63) is 17.8 Å². The topological polar surface area (TPSA) is 55.3 Å². The van der Waals surface area contributed by atoms with Crippen molar-refractivity contribution >= 4 is 0 Å². The third-order valence-electron chi connectivity index (χ3n) is 3.08. The molecule has 2 N–H and O–H groups in total. The highest BCUT2D eigenvalue weighted by Gasteiger charge is 2.28. The highest BCUT2D eigenvalue weighted by Crippen LogP contribution is 2.27. The number of likely N-dealkylation sites (tertiary alicyclic amines) is 1. The number of nitrogens with zero attached hydrogens (tertiary/aromatic N) is 2. The van der Waals surface area contributed by atoms with Gasteiger partial charge in [0.2, 0.25) is 0 Å². The van der Waals surface area contributed by atoms with E-state index >= 15 is 0 Å². The van der Waals surface area contributed by atoms with Gasteiger partial charge in [0.15, 0.2) is 5.89 Å². The van der Waals surface area contributed by atoms with Crippen LogP contribution in [-0.2, 0) is 6.54 Å². The number of nitrogens with two attached hydrogens (primary N) is 1. The molecule has 1 saturated heterocycles.